The van der Waals surface area contributed by atoms with Gasteiger partial charge in [0.2, 0.25) is 0 Å². The van der Waals surface area contributed by atoms with Crippen molar-refractivity contribution in [3.05, 3.63) is 63.6 Å². The quantitative estimate of drug-likeness (QED) is 0.834. The molecule has 1 fully saturated rings. The standard InChI is InChI=1S/C17H18BrClN2/c18-14-7-8-15(19)17(11-14)21-10-4-9-20-16(12-21)13-5-2-1-3-6-13/h1-3,5-8,11,16,20H,4,9-10,12H2. The van der Waals surface area contributed by atoms with E-state index in [0.717, 1.165) is 41.2 Å². The van der Waals surface area contributed by atoms with Crippen LogP contribution in [0.1, 0.15) is 18.0 Å². The molecule has 0 amide bonds. The van der Waals surface area contributed by atoms with E-state index in [2.05, 4.69) is 62.5 Å². The summed E-state index contributed by atoms with van der Waals surface area (Å²) in [5.41, 5.74) is 2.44. The Labute approximate surface area is 139 Å². The molecule has 0 aromatic heterocycles. The first-order valence-corrected chi connectivity index (χ1v) is 8.39. The molecule has 0 spiro atoms. The van der Waals surface area contributed by atoms with Crippen molar-refractivity contribution < 1.29 is 0 Å². The van der Waals surface area contributed by atoms with Gasteiger partial charge in [-0.15, -0.1) is 0 Å². The van der Waals surface area contributed by atoms with E-state index in [9.17, 15) is 0 Å². The molecule has 3 rings (SSSR count). The molecule has 1 aliphatic heterocycles. The van der Waals surface area contributed by atoms with Gasteiger partial charge in [-0.2, -0.15) is 0 Å². The molecule has 1 aliphatic rings. The van der Waals surface area contributed by atoms with Crippen LogP contribution in [0.15, 0.2) is 53.0 Å². The fourth-order valence-corrected chi connectivity index (χ4v) is 3.36. The van der Waals surface area contributed by atoms with Crippen LogP contribution in [-0.2, 0) is 0 Å². The minimum absolute atomic E-state index is 0.337. The van der Waals surface area contributed by atoms with E-state index in [1.54, 1.807) is 0 Å². The third kappa shape index (κ3) is 3.60. The highest BCUT2D eigenvalue weighted by molar-refractivity contribution is 9.10. The van der Waals surface area contributed by atoms with Crippen LogP contribution in [0.5, 0.6) is 0 Å². The lowest BCUT2D eigenvalue weighted by Crippen LogP contribution is -2.31. The zero-order valence-electron chi connectivity index (χ0n) is 11.7. The molecular formula is C17H18BrClN2. The fraction of sp³-hybridized carbons (Fsp3) is 0.294. The van der Waals surface area contributed by atoms with Crippen LogP contribution in [0.25, 0.3) is 0 Å². The van der Waals surface area contributed by atoms with E-state index in [4.69, 9.17) is 11.6 Å². The number of anilines is 1. The summed E-state index contributed by atoms with van der Waals surface area (Å²) >= 11 is 9.94. The Hall–Kier alpha value is -1.03. The first-order chi connectivity index (χ1) is 10.2. The zero-order valence-corrected chi connectivity index (χ0v) is 14.1. The molecule has 0 saturated carbocycles. The molecule has 0 bridgehead atoms. The number of halogens is 2. The Bertz CT molecular complexity index is 603. The van der Waals surface area contributed by atoms with E-state index in [0.29, 0.717) is 6.04 Å². The van der Waals surface area contributed by atoms with Crippen LogP contribution in [0.4, 0.5) is 5.69 Å². The zero-order chi connectivity index (χ0) is 14.7. The van der Waals surface area contributed by atoms with Crippen LogP contribution >= 0.6 is 27.5 Å². The van der Waals surface area contributed by atoms with Gasteiger partial charge in [0, 0.05) is 23.6 Å². The number of hydrogen-bond donors (Lipinski definition) is 1. The third-order valence-corrected chi connectivity index (χ3v) is 4.66. The van der Waals surface area contributed by atoms with Gasteiger partial charge in [-0.3, -0.25) is 0 Å². The third-order valence-electron chi connectivity index (χ3n) is 3.85. The van der Waals surface area contributed by atoms with Gasteiger partial charge in [-0.05, 0) is 36.7 Å². The topological polar surface area (TPSA) is 15.3 Å². The predicted octanol–water partition coefficient (Wildman–Crippen LogP) is 4.64. The summed E-state index contributed by atoms with van der Waals surface area (Å²) in [5, 5.41) is 4.45. The Kier molecular flexibility index (Phi) is 4.84. The monoisotopic (exact) mass is 364 g/mol. The van der Waals surface area contributed by atoms with E-state index < -0.39 is 0 Å². The van der Waals surface area contributed by atoms with Crippen LogP contribution in [-0.4, -0.2) is 19.6 Å². The van der Waals surface area contributed by atoms with Crippen molar-refractivity contribution >= 4 is 33.2 Å². The largest absolute Gasteiger partial charge is 0.368 e. The Morgan fingerprint density at radius 3 is 2.76 bits per heavy atom. The van der Waals surface area contributed by atoms with Gasteiger partial charge in [0.25, 0.3) is 0 Å². The number of benzene rings is 2. The molecule has 21 heavy (non-hydrogen) atoms. The molecule has 0 radical (unpaired) electrons. The summed E-state index contributed by atoms with van der Waals surface area (Å²) in [5.74, 6) is 0. The minimum Gasteiger partial charge on any atom is -0.368 e. The van der Waals surface area contributed by atoms with E-state index in [-0.39, 0.29) is 0 Å². The number of nitrogens with one attached hydrogen (secondary N) is 1. The maximum atomic E-state index is 6.39. The van der Waals surface area contributed by atoms with E-state index in [1.807, 2.05) is 12.1 Å². The summed E-state index contributed by atoms with van der Waals surface area (Å²) in [6, 6.07) is 17.0. The van der Waals surface area contributed by atoms with Gasteiger partial charge < -0.3 is 10.2 Å². The molecule has 2 aromatic rings. The van der Waals surface area contributed by atoms with Crippen molar-refractivity contribution in [1.82, 2.24) is 5.32 Å². The molecule has 1 atom stereocenters. The van der Waals surface area contributed by atoms with Gasteiger partial charge in [0.05, 0.1) is 10.7 Å². The lowest BCUT2D eigenvalue weighted by atomic mass is 10.1. The average molecular weight is 366 g/mol. The molecule has 1 saturated heterocycles. The van der Waals surface area contributed by atoms with Gasteiger partial charge >= 0.3 is 0 Å². The van der Waals surface area contributed by atoms with Crippen molar-refractivity contribution in [3.63, 3.8) is 0 Å². The molecule has 1 N–H and O–H groups in total. The fourth-order valence-electron chi connectivity index (χ4n) is 2.78. The molecular weight excluding hydrogens is 348 g/mol. The second-order valence-corrected chi connectivity index (χ2v) is 6.64. The lowest BCUT2D eigenvalue weighted by molar-refractivity contribution is 0.570. The Morgan fingerprint density at radius 1 is 1.14 bits per heavy atom. The summed E-state index contributed by atoms with van der Waals surface area (Å²) in [6.45, 7) is 2.98. The van der Waals surface area contributed by atoms with Crippen molar-refractivity contribution in [1.29, 1.82) is 0 Å². The Balaban J connectivity index is 1.87. The molecule has 2 nitrogen and oxygen atoms in total. The van der Waals surface area contributed by atoms with Crippen LogP contribution in [0, 0.1) is 0 Å². The first kappa shape index (κ1) is 14.9. The Morgan fingerprint density at radius 2 is 1.95 bits per heavy atom. The summed E-state index contributed by atoms with van der Waals surface area (Å²) < 4.78 is 1.07. The minimum atomic E-state index is 0.337. The molecule has 110 valence electrons. The van der Waals surface area contributed by atoms with E-state index >= 15 is 0 Å². The normalized spacial score (nSPS) is 19.3. The maximum absolute atomic E-state index is 6.39. The SMILES string of the molecule is Clc1ccc(Br)cc1N1CCCNC(c2ccccc2)C1. The van der Waals surface area contributed by atoms with Crippen molar-refractivity contribution in [3.8, 4) is 0 Å². The van der Waals surface area contributed by atoms with Crippen LogP contribution in [0.2, 0.25) is 5.02 Å². The second-order valence-electron chi connectivity index (χ2n) is 5.31. The maximum Gasteiger partial charge on any atom is 0.0640 e. The molecule has 4 heteroatoms. The van der Waals surface area contributed by atoms with Crippen LogP contribution < -0.4 is 10.2 Å². The second kappa shape index (κ2) is 6.82. The number of nitrogens with zero attached hydrogens (tertiary/aromatic N) is 1. The highest BCUT2D eigenvalue weighted by Gasteiger charge is 2.20. The number of rotatable bonds is 2. The summed E-state index contributed by atoms with van der Waals surface area (Å²) in [7, 11) is 0. The molecule has 1 heterocycles. The van der Waals surface area contributed by atoms with Crippen molar-refractivity contribution in [2.45, 2.75) is 12.5 Å². The summed E-state index contributed by atoms with van der Waals surface area (Å²) in [4.78, 5) is 2.38. The predicted molar refractivity (Wildman–Crippen MR) is 93.2 cm³/mol. The average Bonchev–Trinajstić information content (AvgIpc) is 2.76. The molecule has 2 aromatic carbocycles. The van der Waals surface area contributed by atoms with Crippen LogP contribution in [0.3, 0.4) is 0 Å². The van der Waals surface area contributed by atoms with Crippen molar-refractivity contribution in [2.24, 2.45) is 0 Å². The molecule has 0 aliphatic carbocycles. The highest BCUT2D eigenvalue weighted by Crippen LogP contribution is 2.31. The molecule has 1 unspecified atom stereocenters. The first-order valence-electron chi connectivity index (χ1n) is 7.22. The van der Waals surface area contributed by atoms with Crippen molar-refractivity contribution in [2.75, 3.05) is 24.5 Å². The van der Waals surface area contributed by atoms with Gasteiger partial charge in [-0.25, -0.2) is 0 Å². The highest BCUT2D eigenvalue weighted by atomic mass is 79.9. The smallest absolute Gasteiger partial charge is 0.0640 e. The van der Waals surface area contributed by atoms with Gasteiger partial charge in [0.1, 0.15) is 0 Å². The van der Waals surface area contributed by atoms with Gasteiger partial charge in [-0.1, -0.05) is 57.9 Å². The van der Waals surface area contributed by atoms with Gasteiger partial charge in [0.15, 0.2) is 0 Å². The summed E-state index contributed by atoms with van der Waals surface area (Å²) in [6.07, 6.45) is 1.12. The lowest BCUT2D eigenvalue weighted by Gasteiger charge is -2.27. The number of hydrogen-bond acceptors (Lipinski definition) is 2. The van der Waals surface area contributed by atoms with E-state index in [1.165, 1.54) is 5.56 Å².